The van der Waals surface area contributed by atoms with Gasteiger partial charge in [0.05, 0.1) is 6.54 Å². The summed E-state index contributed by atoms with van der Waals surface area (Å²) in [5.41, 5.74) is 5.38. The maximum absolute atomic E-state index is 11.0. The van der Waals surface area contributed by atoms with Crippen LogP contribution in [0.15, 0.2) is 21.5 Å². The second-order valence-electron chi connectivity index (χ2n) is 6.53. The topological polar surface area (TPSA) is 92.6 Å². The second-order valence-corrected chi connectivity index (χ2v) is 6.53. The van der Waals surface area contributed by atoms with E-state index in [1.165, 1.54) is 25.7 Å². The number of carbonyl (C=O) groups is 1. The maximum atomic E-state index is 11.0. The molecule has 0 radical (unpaired) electrons. The Morgan fingerprint density at radius 2 is 2.00 bits per heavy atom. The largest absolute Gasteiger partial charge is 0.454 e. The molecule has 0 fully saturated rings. The van der Waals surface area contributed by atoms with E-state index in [1.807, 2.05) is 0 Å². The van der Waals surface area contributed by atoms with Gasteiger partial charge in [-0.05, 0) is 24.0 Å². The first-order valence-corrected chi connectivity index (χ1v) is 8.21. The molecule has 6 nitrogen and oxygen atoms in total. The Kier molecular flexibility index (Phi) is 10.7. The number of halogens is 1. The first-order chi connectivity index (χ1) is 10.9. The maximum Gasteiger partial charge on any atom is 0.284 e. The van der Waals surface area contributed by atoms with Crippen molar-refractivity contribution in [2.45, 2.75) is 53.0 Å². The lowest BCUT2D eigenvalue weighted by atomic mass is 9.87. The smallest absolute Gasteiger partial charge is 0.284 e. The van der Waals surface area contributed by atoms with Crippen LogP contribution in [0.2, 0.25) is 0 Å². The molecule has 4 N–H and O–H groups in total. The third-order valence-electron chi connectivity index (χ3n) is 3.75. The normalized spacial score (nSPS) is 11.8. The zero-order valence-corrected chi connectivity index (χ0v) is 17.5. The van der Waals surface area contributed by atoms with Crippen molar-refractivity contribution in [3.63, 3.8) is 0 Å². The molecule has 1 amide bonds. The van der Waals surface area contributed by atoms with E-state index in [1.54, 1.807) is 19.2 Å². The predicted molar refractivity (Wildman–Crippen MR) is 109 cm³/mol. The molecular formula is C17H31IN4O2. The average molecular weight is 450 g/mol. The molecule has 0 aliphatic carbocycles. The van der Waals surface area contributed by atoms with Gasteiger partial charge in [0.25, 0.3) is 5.91 Å². The summed E-state index contributed by atoms with van der Waals surface area (Å²) in [6, 6.07) is 3.31. The van der Waals surface area contributed by atoms with Crippen LogP contribution in [0.4, 0.5) is 0 Å². The van der Waals surface area contributed by atoms with E-state index in [4.69, 9.17) is 10.2 Å². The van der Waals surface area contributed by atoms with Gasteiger partial charge in [0.1, 0.15) is 5.76 Å². The van der Waals surface area contributed by atoms with E-state index < -0.39 is 5.91 Å². The minimum Gasteiger partial charge on any atom is -0.454 e. The molecule has 0 aromatic carbocycles. The number of primary amides is 1. The van der Waals surface area contributed by atoms with E-state index in [-0.39, 0.29) is 35.2 Å². The molecule has 1 aromatic heterocycles. The number of carbonyl (C=O) groups excluding carboxylic acids is 1. The van der Waals surface area contributed by atoms with Crippen LogP contribution in [0.3, 0.4) is 0 Å². The van der Waals surface area contributed by atoms with Crippen molar-refractivity contribution in [1.29, 1.82) is 0 Å². The molecule has 0 aliphatic heterocycles. The van der Waals surface area contributed by atoms with Crippen molar-refractivity contribution in [2.24, 2.45) is 16.1 Å². The Morgan fingerprint density at radius 3 is 2.54 bits per heavy atom. The SMILES string of the molecule is CCCCCC(C)(C)CNC(=NC)NCc1ccc(C(N)=O)o1.I. The van der Waals surface area contributed by atoms with Gasteiger partial charge in [0, 0.05) is 13.6 Å². The summed E-state index contributed by atoms with van der Waals surface area (Å²) >= 11 is 0. The number of hydrogen-bond acceptors (Lipinski definition) is 3. The highest BCUT2D eigenvalue weighted by Crippen LogP contribution is 2.22. The zero-order valence-electron chi connectivity index (χ0n) is 15.1. The van der Waals surface area contributed by atoms with Crippen LogP contribution < -0.4 is 16.4 Å². The van der Waals surface area contributed by atoms with Crippen molar-refractivity contribution in [1.82, 2.24) is 10.6 Å². The van der Waals surface area contributed by atoms with Gasteiger partial charge in [-0.25, -0.2) is 0 Å². The fourth-order valence-electron chi connectivity index (χ4n) is 2.26. The summed E-state index contributed by atoms with van der Waals surface area (Å²) in [4.78, 5) is 15.2. The monoisotopic (exact) mass is 450 g/mol. The number of aliphatic imine (C=N–C) groups is 1. The van der Waals surface area contributed by atoms with Crippen molar-refractivity contribution in [3.05, 3.63) is 23.7 Å². The number of nitrogens with zero attached hydrogens (tertiary/aromatic N) is 1. The average Bonchev–Trinajstić information content (AvgIpc) is 2.97. The van der Waals surface area contributed by atoms with Crippen LogP contribution in [0.5, 0.6) is 0 Å². The van der Waals surface area contributed by atoms with Crippen LogP contribution in [0.25, 0.3) is 0 Å². The second kappa shape index (κ2) is 11.3. The number of nitrogens with two attached hydrogens (primary N) is 1. The first-order valence-electron chi connectivity index (χ1n) is 8.21. The highest BCUT2D eigenvalue weighted by Gasteiger charge is 2.17. The molecule has 0 bridgehead atoms. The van der Waals surface area contributed by atoms with Crippen molar-refractivity contribution >= 4 is 35.8 Å². The number of nitrogens with one attached hydrogen (secondary N) is 2. The quantitative estimate of drug-likeness (QED) is 0.233. The number of rotatable bonds is 9. The summed E-state index contributed by atoms with van der Waals surface area (Å²) < 4.78 is 5.33. The Morgan fingerprint density at radius 1 is 1.29 bits per heavy atom. The van der Waals surface area contributed by atoms with E-state index in [0.717, 1.165) is 6.54 Å². The minimum atomic E-state index is -0.562. The van der Waals surface area contributed by atoms with Gasteiger partial charge < -0.3 is 20.8 Å². The third kappa shape index (κ3) is 8.56. The summed E-state index contributed by atoms with van der Waals surface area (Å²) in [5.74, 6) is 0.962. The molecule has 1 rings (SSSR count). The van der Waals surface area contributed by atoms with Crippen molar-refractivity contribution in [3.8, 4) is 0 Å². The van der Waals surface area contributed by atoms with Crippen LogP contribution in [0, 0.1) is 5.41 Å². The molecule has 0 atom stereocenters. The number of hydrogen-bond donors (Lipinski definition) is 3. The molecule has 138 valence electrons. The predicted octanol–water partition coefficient (Wildman–Crippen LogP) is 3.27. The van der Waals surface area contributed by atoms with Gasteiger partial charge >= 0.3 is 0 Å². The standard InChI is InChI=1S/C17H30N4O2.HI/c1-5-6-7-10-17(2,3)12-21-16(19-4)20-11-13-8-9-14(23-13)15(18)22;/h8-9H,5-7,10-12H2,1-4H3,(H2,18,22)(H2,19,20,21);1H. The van der Waals surface area contributed by atoms with E-state index in [0.29, 0.717) is 18.3 Å². The van der Waals surface area contributed by atoms with Gasteiger partial charge in [-0.2, -0.15) is 0 Å². The highest BCUT2D eigenvalue weighted by molar-refractivity contribution is 14.0. The summed E-state index contributed by atoms with van der Waals surface area (Å²) in [6.07, 6.45) is 4.95. The van der Waals surface area contributed by atoms with Gasteiger partial charge in [-0.1, -0.05) is 40.0 Å². The summed E-state index contributed by atoms with van der Waals surface area (Å²) in [5, 5.41) is 6.51. The fourth-order valence-corrected chi connectivity index (χ4v) is 2.26. The Bertz CT molecular complexity index is 526. The molecule has 1 heterocycles. The number of unbranched alkanes of at least 4 members (excludes halogenated alkanes) is 2. The van der Waals surface area contributed by atoms with Gasteiger partial charge in [0.15, 0.2) is 11.7 Å². The fraction of sp³-hybridized carbons (Fsp3) is 0.647. The van der Waals surface area contributed by atoms with Crippen molar-refractivity contribution < 1.29 is 9.21 Å². The lowest BCUT2D eigenvalue weighted by Gasteiger charge is -2.26. The Hall–Kier alpha value is -1.25. The molecule has 1 aromatic rings. The highest BCUT2D eigenvalue weighted by atomic mass is 127. The van der Waals surface area contributed by atoms with Crippen LogP contribution in [0.1, 0.15) is 62.8 Å². The van der Waals surface area contributed by atoms with E-state index in [9.17, 15) is 4.79 Å². The molecule has 0 saturated heterocycles. The molecular weight excluding hydrogens is 419 g/mol. The third-order valence-corrected chi connectivity index (χ3v) is 3.75. The Labute approximate surface area is 162 Å². The summed E-state index contributed by atoms with van der Waals surface area (Å²) in [7, 11) is 1.73. The van der Waals surface area contributed by atoms with Gasteiger partial charge in [0.2, 0.25) is 0 Å². The van der Waals surface area contributed by atoms with Gasteiger partial charge in [-0.15, -0.1) is 24.0 Å². The first kappa shape index (κ1) is 22.8. The van der Waals surface area contributed by atoms with Crippen LogP contribution >= 0.6 is 24.0 Å². The number of amides is 1. The molecule has 0 spiro atoms. The van der Waals surface area contributed by atoms with Crippen LogP contribution in [-0.4, -0.2) is 25.5 Å². The minimum absolute atomic E-state index is 0. The Balaban J connectivity index is 0.00000529. The van der Waals surface area contributed by atoms with Crippen LogP contribution in [-0.2, 0) is 6.54 Å². The van der Waals surface area contributed by atoms with E-state index in [2.05, 4.69) is 36.4 Å². The lowest BCUT2D eigenvalue weighted by molar-refractivity contribution is 0.0972. The van der Waals surface area contributed by atoms with E-state index >= 15 is 0 Å². The number of furan rings is 1. The van der Waals surface area contributed by atoms with Crippen molar-refractivity contribution in [2.75, 3.05) is 13.6 Å². The molecule has 0 saturated carbocycles. The molecule has 24 heavy (non-hydrogen) atoms. The van der Waals surface area contributed by atoms with Gasteiger partial charge in [-0.3, -0.25) is 9.79 Å². The lowest BCUT2D eigenvalue weighted by Crippen LogP contribution is -2.41. The molecule has 0 unspecified atom stereocenters. The molecule has 0 aliphatic rings. The number of guanidine groups is 1. The summed E-state index contributed by atoms with van der Waals surface area (Å²) in [6.45, 7) is 8.03. The molecule has 7 heteroatoms. The zero-order chi connectivity index (χ0) is 17.3.